The standard InChI is InChI=1S/C15H18N4O2.C7H6/c20-12-3-10-6-19(7-11(10)4-12)8-15(21)9-1-2-13-14(5-9)17-18-16-13;1-2-6-4-7(3-1)5-6/h1-2,5,10-12,20H,3-4,6-8H2,(H,16,17,18);1-4H,5H2/t10-,11+,12?;. The number of aromatic nitrogens is 3. The zero-order valence-electron chi connectivity index (χ0n) is 15.7. The Balaban J connectivity index is 0.000000203. The fourth-order valence-electron chi connectivity index (χ4n) is 4.76. The van der Waals surface area contributed by atoms with Gasteiger partial charge in [0.1, 0.15) is 5.52 Å². The number of nitrogens with zero attached hydrogens (tertiary/aromatic N) is 3. The Kier molecular flexibility index (Phi) is 4.45. The second-order valence-corrected chi connectivity index (χ2v) is 8.30. The van der Waals surface area contributed by atoms with Crippen LogP contribution in [0.5, 0.6) is 0 Å². The molecule has 1 aromatic heterocycles. The molecule has 2 aromatic carbocycles. The number of likely N-dealkylation sites (tertiary alicyclic amines) is 1. The van der Waals surface area contributed by atoms with E-state index in [0.29, 0.717) is 23.9 Å². The highest BCUT2D eigenvalue weighted by molar-refractivity contribution is 6.00. The van der Waals surface area contributed by atoms with Crippen molar-refractivity contribution in [2.24, 2.45) is 11.8 Å². The molecule has 1 saturated heterocycles. The summed E-state index contributed by atoms with van der Waals surface area (Å²) in [6.45, 7) is 2.31. The monoisotopic (exact) mass is 376 g/mol. The summed E-state index contributed by atoms with van der Waals surface area (Å²) in [5, 5.41) is 20.1. The third-order valence-electron chi connectivity index (χ3n) is 6.22. The lowest BCUT2D eigenvalue weighted by Gasteiger charge is -2.16. The number of fused-ring (bicyclic) bond motifs is 4. The maximum Gasteiger partial charge on any atom is 0.176 e. The van der Waals surface area contributed by atoms with E-state index in [1.807, 2.05) is 12.1 Å². The van der Waals surface area contributed by atoms with Gasteiger partial charge < -0.3 is 5.11 Å². The molecule has 3 atom stereocenters. The molecule has 0 amide bonds. The summed E-state index contributed by atoms with van der Waals surface area (Å²) in [5.74, 6) is 1.25. The van der Waals surface area contributed by atoms with Crippen LogP contribution in [0.1, 0.15) is 34.3 Å². The molecule has 2 N–H and O–H groups in total. The normalized spacial score (nSPS) is 25.1. The number of aromatic amines is 1. The van der Waals surface area contributed by atoms with Gasteiger partial charge in [-0.15, -0.1) is 5.10 Å². The van der Waals surface area contributed by atoms with Crippen LogP contribution in [0.4, 0.5) is 0 Å². The first-order valence-electron chi connectivity index (χ1n) is 9.96. The van der Waals surface area contributed by atoms with Crippen molar-refractivity contribution < 1.29 is 9.90 Å². The van der Waals surface area contributed by atoms with Gasteiger partial charge in [-0.1, -0.05) is 29.5 Å². The summed E-state index contributed by atoms with van der Waals surface area (Å²) in [4.78, 5) is 14.6. The quantitative estimate of drug-likeness (QED) is 0.537. The van der Waals surface area contributed by atoms with E-state index in [-0.39, 0.29) is 11.9 Å². The number of rotatable bonds is 3. The predicted octanol–water partition coefficient (Wildman–Crippen LogP) is 2.43. The second kappa shape index (κ2) is 7.11. The number of H-pyrrole nitrogens is 1. The first-order chi connectivity index (χ1) is 13.6. The summed E-state index contributed by atoms with van der Waals surface area (Å²) in [6, 6.07) is 14.1. The Morgan fingerprint density at radius 2 is 1.82 bits per heavy atom. The van der Waals surface area contributed by atoms with E-state index in [9.17, 15) is 9.90 Å². The Labute approximate surface area is 163 Å². The van der Waals surface area contributed by atoms with Gasteiger partial charge in [0.15, 0.2) is 5.78 Å². The van der Waals surface area contributed by atoms with Crippen LogP contribution in [-0.4, -0.2) is 56.9 Å². The summed E-state index contributed by atoms with van der Waals surface area (Å²) in [7, 11) is 0. The molecule has 6 heteroatoms. The lowest BCUT2D eigenvalue weighted by molar-refractivity contribution is 0.0935. The molecule has 6 nitrogen and oxygen atoms in total. The van der Waals surface area contributed by atoms with Crippen LogP contribution >= 0.6 is 0 Å². The number of hydrogen-bond acceptors (Lipinski definition) is 5. The van der Waals surface area contributed by atoms with Gasteiger partial charge in [0, 0.05) is 18.7 Å². The van der Waals surface area contributed by atoms with Crippen molar-refractivity contribution in [2.75, 3.05) is 19.6 Å². The zero-order chi connectivity index (χ0) is 19.1. The number of aliphatic hydroxyl groups excluding tert-OH is 1. The van der Waals surface area contributed by atoms with Crippen LogP contribution in [0.25, 0.3) is 11.0 Å². The molecule has 1 aliphatic heterocycles. The Morgan fingerprint density at radius 3 is 2.43 bits per heavy atom. The van der Waals surface area contributed by atoms with Crippen LogP contribution in [0.2, 0.25) is 0 Å². The molecule has 3 aromatic rings. The molecular formula is C22H24N4O2. The van der Waals surface area contributed by atoms with E-state index < -0.39 is 0 Å². The Morgan fingerprint density at radius 1 is 1.11 bits per heavy atom. The number of carbonyl (C=O) groups is 1. The van der Waals surface area contributed by atoms with Crippen molar-refractivity contribution in [1.82, 2.24) is 20.3 Å². The number of benzene rings is 2. The smallest absolute Gasteiger partial charge is 0.176 e. The lowest BCUT2D eigenvalue weighted by Crippen LogP contribution is -2.29. The number of ketones is 1. The van der Waals surface area contributed by atoms with Crippen LogP contribution in [0.3, 0.4) is 0 Å². The molecule has 3 aliphatic carbocycles. The molecule has 4 aliphatic rings. The molecule has 1 saturated carbocycles. The van der Waals surface area contributed by atoms with Crippen molar-refractivity contribution in [3.63, 3.8) is 0 Å². The largest absolute Gasteiger partial charge is 0.393 e. The maximum absolute atomic E-state index is 12.4. The van der Waals surface area contributed by atoms with E-state index in [0.717, 1.165) is 37.0 Å². The minimum atomic E-state index is -0.132. The van der Waals surface area contributed by atoms with Crippen molar-refractivity contribution in [3.05, 3.63) is 59.2 Å². The third kappa shape index (κ3) is 3.45. The summed E-state index contributed by atoms with van der Waals surface area (Å²) in [5.41, 5.74) is 5.22. The SMILES string of the molecule is O=C(CN1C[C@H]2CC(O)C[C@H]2C1)c1ccc2[nH]nnc2c1.c1cc2cc(c1)C2. The molecular weight excluding hydrogens is 352 g/mol. The first-order valence-corrected chi connectivity index (χ1v) is 9.96. The van der Waals surface area contributed by atoms with E-state index in [1.54, 1.807) is 6.07 Å². The van der Waals surface area contributed by atoms with Crippen LogP contribution in [0, 0.1) is 11.8 Å². The first kappa shape index (κ1) is 17.5. The van der Waals surface area contributed by atoms with E-state index in [2.05, 4.69) is 44.6 Å². The topological polar surface area (TPSA) is 82.1 Å². The third-order valence-corrected chi connectivity index (χ3v) is 6.22. The minimum Gasteiger partial charge on any atom is -0.393 e. The number of carbonyl (C=O) groups excluding carboxylic acids is 1. The van der Waals surface area contributed by atoms with Gasteiger partial charge >= 0.3 is 0 Å². The van der Waals surface area contributed by atoms with Crippen LogP contribution < -0.4 is 0 Å². The number of Topliss-reactive ketones (excluding diaryl/α,β-unsaturated/α-hetero) is 1. The molecule has 7 rings (SSSR count). The molecule has 2 heterocycles. The molecule has 1 unspecified atom stereocenters. The van der Waals surface area contributed by atoms with Crippen molar-refractivity contribution in [2.45, 2.75) is 25.4 Å². The van der Waals surface area contributed by atoms with Gasteiger partial charge in [0.25, 0.3) is 0 Å². The highest BCUT2D eigenvalue weighted by Crippen LogP contribution is 2.37. The zero-order valence-corrected chi connectivity index (χ0v) is 15.7. The predicted molar refractivity (Wildman–Crippen MR) is 106 cm³/mol. The van der Waals surface area contributed by atoms with E-state index in [1.165, 1.54) is 17.5 Å². The highest BCUT2D eigenvalue weighted by Gasteiger charge is 2.40. The van der Waals surface area contributed by atoms with E-state index >= 15 is 0 Å². The number of nitrogens with one attached hydrogen (secondary N) is 1. The maximum atomic E-state index is 12.4. The molecule has 28 heavy (non-hydrogen) atoms. The highest BCUT2D eigenvalue weighted by atomic mass is 16.3. The van der Waals surface area contributed by atoms with Gasteiger partial charge in [0.05, 0.1) is 18.2 Å². The number of hydrogen-bond donors (Lipinski definition) is 2. The Bertz CT molecular complexity index is 976. The van der Waals surface area contributed by atoms with E-state index in [4.69, 9.17) is 0 Å². The van der Waals surface area contributed by atoms with Gasteiger partial charge in [-0.3, -0.25) is 14.8 Å². The molecule has 2 fully saturated rings. The van der Waals surface area contributed by atoms with Crippen molar-refractivity contribution in [1.29, 1.82) is 0 Å². The van der Waals surface area contributed by atoms with Crippen LogP contribution in [-0.2, 0) is 6.42 Å². The lowest BCUT2D eigenvalue weighted by atomic mass is 9.94. The van der Waals surface area contributed by atoms with Crippen LogP contribution in [0.15, 0.2) is 42.5 Å². The van der Waals surface area contributed by atoms with Gasteiger partial charge in [0.2, 0.25) is 0 Å². The average molecular weight is 376 g/mol. The molecule has 144 valence electrons. The average Bonchev–Trinajstić information content (AvgIpc) is 3.36. The Hall–Kier alpha value is -2.57. The van der Waals surface area contributed by atoms with Gasteiger partial charge in [-0.05, 0) is 60.4 Å². The van der Waals surface area contributed by atoms with Gasteiger partial charge in [-0.2, -0.15) is 0 Å². The van der Waals surface area contributed by atoms with Crippen molar-refractivity contribution in [3.8, 4) is 0 Å². The number of aliphatic hydroxyl groups is 1. The molecule has 2 bridgehead atoms. The molecule has 0 radical (unpaired) electrons. The second-order valence-electron chi connectivity index (χ2n) is 8.30. The fourth-order valence-corrected chi connectivity index (χ4v) is 4.76. The summed E-state index contributed by atoms with van der Waals surface area (Å²) < 4.78 is 0. The molecule has 0 spiro atoms. The minimum absolute atomic E-state index is 0.125. The summed E-state index contributed by atoms with van der Waals surface area (Å²) in [6.07, 6.45) is 2.87. The van der Waals surface area contributed by atoms with Gasteiger partial charge in [-0.25, -0.2) is 0 Å². The fraction of sp³-hybridized carbons (Fsp3) is 0.409. The van der Waals surface area contributed by atoms with Crippen molar-refractivity contribution >= 4 is 16.8 Å². The summed E-state index contributed by atoms with van der Waals surface area (Å²) >= 11 is 0.